The largest absolute Gasteiger partial charge is 0.292 e. The molecule has 0 aromatic heterocycles. The van der Waals surface area contributed by atoms with Crippen molar-refractivity contribution in [1.29, 1.82) is 0 Å². The van der Waals surface area contributed by atoms with Crippen LogP contribution in [0.15, 0.2) is 60.7 Å². The van der Waals surface area contributed by atoms with Gasteiger partial charge in [0.15, 0.2) is 0 Å². The van der Waals surface area contributed by atoms with Crippen LogP contribution in [-0.4, -0.2) is 19.0 Å². The Kier molecular flexibility index (Phi) is 4.17. The van der Waals surface area contributed by atoms with Gasteiger partial charge in [-0.25, -0.2) is 0 Å². The number of benzene rings is 2. The van der Waals surface area contributed by atoms with Gasteiger partial charge in [-0.1, -0.05) is 60.4 Å². The van der Waals surface area contributed by atoms with Crippen molar-refractivity contribution < 1.29 is 0 Å². The molecule has 0 N–H and O–H groups in total. The summed E-state index contributed by atoms with van der Waals surface area (Å²) in [6.45, 7) is 0. The lowest BCUT2D eigenvalue weighted by atomic mass is 10.1. The third-order valence-electron chi connectivity index (χ3n) is 2.76. The van der Waals surface area contributed by atoms with Crippen molar-refractivity contribution in [2.45, 2.75) is 6.04 Å². The summed E-state index contributed by atoms with van der Waals surface area (Å²) in [7, 11) is 4.11. The molecule has 0 saturated heterocycles. The third kappa shape index (κ3) is 3.23. The molecule has 2 aromatic rings. The van der Waals surface area contributed by atoms with Gasteiger partial charge in [-0.05, 0) is 31.8 Å². The van der Waals surface area contributed by atoms with Crippen molar-refractivity contribution in [2.24, 2.45) is 0 Å². The Bertz CT molecular complexity index is 532. The second-order valence-corrected chi connectivity index (χ2v) is 4.41. The summed E-state index contributed by atoms with van der Waals surface area (Å²) in [5.41, 5.74) is 2.28. The van der Waals surface area contributed by atoms with Crippen molar-refractivity contribution in [2.75, 3.05) is 14.1 Å². The molecule has 0 fully saturated rings. The van der Waals surface area contributed by atoms with E-state index >= 15 is 0 Å². The summed E-state index contributed by atoms with van der Waals surface area (Å²) in [5.74, 6) is 6.56. The second-order valence-electron chi connectivity index (χ2n) is 4.41. The molecule has 90 valence electrons. The van der Waals surface area contributed by atoms with Gasteiger partial charge in [-0.3, -0.25) is 4.90 Å². The fraction of sp³-hybridized carbons (Fsp3) is 0.176. The van der Waals surface area contributed by atoms with E-state index in [1.807, 2.05) is 36.4 Å². The highest BCUT2D eigenvalue weighted by atomic mass is 15.1. The Morgan fingerprint density at radius 3 is 1.94 bits per heavy atom. The van der Waals surface area contributed by atoms with E-state index in [-0.39, 0.29) is 6.04 Å². The van der Waals surface area contributed by atoms with Crippen molar-refractivity contribution >= 4 is 0 Å². The summed E-state index contributed by atoms with van der Waals surface area (Å²) in [6, 6.07) is 20.6. The van der Waals surface area contributed by atoms with Crippen LogP contribution in [0.3, 0.4) is 0 Å². The number of nitrogens with zero attached hydrogens (tertiary/aromatic N) is 1. The zero-order chi connectivity index (χ0) is 12.8. The molecule has 0 aliphatic carbocycles. The molecule has 0 amide bonds. The van der Waals surface area contributed by atoms with Crippen LogP contribution in [0.5, 0.6) is 0 Å². The van der Waals surface area contributed by atoms with Crippen LogP contribution in [0.2, 0.25) is 0 Å². The molecule has 0 spiro atoms. The van der Waals surface area contributed by atoms with E-state index in [1.165, 1.54) is 5.56 Å². The highest BCUT2D eigenvalue weighted by Crippen LogP contribution is 2.16. The highest BCUT2D eigenvalue weighted by molar-refractivity contribution is 5.37. The fourth-order valence-corrected chi connectivity index (χ4v) is 1.82. The molecule has 1 heteroatoms. The molecule has 0 radical (unpaired) electrons. The molecule has 1 atom stereocenters. The van der Waals surface area contributed by atoms with E-state index < -0.39 is 0 Å². The minimum absolute atomic E-state index is 0.131. The normalized spacial score (nSPS) is 11.7. The van der Waals surface area contributed by atoms with Gasteiger partial charge in [0.05, 0.1) is 6.04 Å². The summed E-state index contributed by atoms with van der Waals surface area (Å²) in [4.78, 5) is 2.13. The molecule has 2 aromatic carbocycles. The fourth-order valence-electron chi connectivity index (χ4n) is 1.82. The van der Waals surface area contributed by atoms with Crippen LogP contribution in [0.4, 0.5) is 0 Å². The minimum atomic E-state index is 0.131. The third-order valence-corrected chi connectivity index (χ3v) is 2.76. The summed E-state index contributed by atoms with van der Waals surface area (Å²) in [6.07, 6.45) is 0. The number of hydrogen-bond donors (Lipinski definition) is 0. The molecule has 0 aliphatic heterocycles. The van der Waals surface area contributed by atoms with E-state index in [2.05, 4.69) is 55.1 Å². The molecular weight excluding hydrogens is 218 g/mol. The van der Waals surface area contributed by atoms with Gasteiger partial charge in [-0.2, -0.15) is 0 Å². The number of rotatable bonds is 2. The van der Waals surface area contributed by atoms with Gasteiger partial charge in [0.25, 0.3) is 0 Å². The molecule has 1 unspecified atom stereocenters. The predicted molar refractivity (Wildman–Crippen MR) is 76.2 cm³/mol. The van der Waals surface area contributed by atoms with Crippen LogP contribution in [0.1, 0.15) is 17.2 Å². The zero-order valence-corrected chi connectivity index (χ0v) is 10.8. The Morgan fingerprint density at radius 1 is 0.833 bits per heavy atom. The maximum Gasteiger partial charge on any atom is 0.0969 e. The van der Waals surface area contributed by atoms with Crippen molar-refractivity contribution in [3.8, 4) is 11.8 Å². The highest BCUT2D eigenvalue weighted by Gasteiger charge is 2.09. The lowest BCUT2D eigenvalue weighted by Gasteiger charge is -2.19. The van der Waals surface area contributed by atoms with Gasteiger partial charge in [0.1, 0.15) is 0 Å². The van der Waals surface area contributed by atoms with Gasteiger partial charge in [-0.15, -0.1) is 0 Å². The topological polar surface area (TPSA) is 3.24 Å². The first-order valence-electron chi connectivity index (χ1n) is 6.05. The van der Waals surface area contributed by atoms with Gasteiger partial charge in [0.2, 0.25) is 0 Å². The molecule has 0 bridgehead atoms. The summed E-state index contributed by atoms with van der Waals surface area (Å²) < 4.78 is 0. The van der Waals surface area contributed by atoms with Crippen LogP contribution in [0, 0.1) is 11.8 Å². The first-order valence-corrected chi connectivity index (χ1v) is 6.05. The van der Waals surface area contributed by atoms with E-state index in [0.717, 1.165) is 5.56 Å². The van der Waals surface area contributed by atoms with E-state index in [1.54, 1.807) is 0 Å². The van der Waals surface area contributed by atoms with Gasteiger partial charge >= 0.3 is 0 Å². The summed E-state index contributed by atoms with van der Waals surface area (Å²) in [5, 5.41) is 0. The van der Waals surface area contributed by atoms with Crippen LogP contribution in [0.25, 0.3) is 0 Å². The van der Waals surface area contributed by atoms with E-state index in [4.69, 9.17) is 0 Å². The van der Waals surface area contributed by atoms with Crippen LogP contribution >= 0.6 is 0 Å². The lowest BCUT2D eigenvalue weighted by Crippen LogP contribution is -2.18. The Labute approximate surface area is 109 Å². The Hall–Kier alpha value is -2.04. The standard InChI is InChI=1S/C17H17N/c1-18(2)17(16-11-7-4-8-12-16)14-13-15-9-5-3-6-10-15/h3-12,17H,1-2H3. The minimum Gasteiger partial charge on any atom is -0.292 e. The van der Waals surface area contributed by atoms with E-state index in [0.29, 0.717) is 0 Å². The predicted octanol–water partition coefficient (Wildman–Crippen LogP) is 3.34. The van der Waals surface area contributed by atoms with Gasteiger partial charge < -0.3 is 0 Å². The van der Waals surface area contributed by atoms with Gasteiger partial charge in [0, 0.05) is 5.56 Å². The first kappa shape index (κ1) is 12.4. The van der Waals surface area contributed by atoms with Crippen molar-refractivity contribution in [3.05, 3.63) is 71.8 Å². The average Bonchev–Trinajstić information content (AvgIpc) is 2.41. The van der Waals surface area contributed by atoms with E-state index in [9.17, 15) is 0 Å². The molecular formula is C17H17N. The second kappa shape index (κ2) is 6.05. The smallest absolute Gasteiger partial charge is 0.0969 e. The van der Waals surface area contributed by atoms with Crippen LogP contribution in [-0.2, 0) is 0 Å². The maximum atomic E-state index is 3.33. The van der Waals surface area contributed by atoms with Crippen LogP contribution < -0.4 is 0 Å². The maximum absolute atomic E-state index is 3.33. The molecule has 1 nitrogen and oxygen atoms in total. The average molecular weight is 235 g/mol. The zero-order valence-electron chi connectivity index (χ0n) is 10.8. The monoisotopic (exact) mass is 235 g/mol. The Morgan fingerprint density at radius 2 is 1.39 bits per heavy atom. The lowest BCUT2D eigenvalue weighted by molar-refractivity contribution is 0.361. The molecule has 2 rings (SSSR count). The van der Waals surface area contributed by atoms with Crippen molar-refractivity contribution in [3.63, 3.8) is 0 Å². The SMILES string of the molecule is CN(C)C(C#Cc1ccccc1)c1ccccc1. The van der Waals surface area contributed by atoms with Crippen molar-refractivity contribution in [1.82, 2.24) is 4.90 Å². The molecule has 0 saturated carbocycles. The molecule has 18 heavy (non-hydrogen) atoms. The first-order chi connectivity index (χ1) is 8.77. The quantitative estimate of drug-likeness (QED) is 0.722. The molecule has 0 aliphatic rings. The number of hydrogen-bond acceptors (Lipinski definition) is 1. The summed E-state index contributed by atoms with van der Waals surface area (Å²) >= 11 is 0. The molecule has 0 heterocycles. The Balaban J connectivity index is 2.26.